The maximum absolute atomic E-state index is 12.5. The summed E-state index contributed by atoms with van der Waals surface area (Å²) in [7, 11) is 1.77. The van der Waals surface area contributed by atoms with Crippen molar-refractivity contribution < 1.29 is 9.59 Å². The zero-order valence-electron chi connectivity index (χ0n) is 17.2. The quantitative estimate of drug-likeness (QED) is 0.695. The largest absolute Gasteiger partial charge is 0.348 e. The van der Waals surface area contributed by atoms with Gasteiger partial charge in [-0.3, -0.25) is 14.5 Å². The monoisotopic (exact) mass is 381 g/mol. The third-order valence-corrected chi connectivity index (χ3v) is 4.41. The van der Waals surface area contributed by atoms with Crippen molar-refractivity contribution in [2.75, 3.05) is 25.5 Å². The van der Waals surface area contributed by atoms with E-state index in [0.717, 1.165) is 23.2 Å². The van der Waals surface area contributed by atoms with Gasteiger partial charge in [0.1, 0.15) is 0 Å². The molecule has 2 rings (SSSR count). The van der Waals surface area contributed by atoms with Crippen molar-refractivity contribution >= 4 is 17.5 Å². The zero-order chi connectivity index (χ0) is 20.5. The summed E-state index contributed by atoms with van der Waals surface area (Å²) in [6, 6.07) is 17.6. The molecular formula is C23H31N3O2. The van der Waals surface area contributed by atoms with Crippen LogP contribution in [-0.4, -0.2) is 36.9 Å². The number of benzene rings is 2. The standard InChI is InChI=1S/C23H31N3O2/c1-17(2)14-21(19-8-6-5-7-9-19)25-23(28)16-26(4)15-22(27)24-20-12-10-18(3)11-13-20/h5-13,17,21H,14-16H2,1-4H3,(H,24,27)(H,25,28)/t21-/m1/s1. The number of carbonyl (C=O) groups is 2. The van der Waals surface area contributed by atoms with Gasteiger partial charge < -0.3 is 10.6 Å². The average Bonchev–Trinajstić information content (AvgIpc) is 2.63. The summed E-state index contributed by atoms with van der Waals surface area (Å²) in [5.74, 6) is 0.240. The van der Waals surface area contributed by atoms with E-state index in [1.54, 1.807) is 11.9 Å². The Morgan fingerprint density at radius 3 is 2.14 bits per heavy atom. The van der Waals surface area contributed by atoms with Crippen LogP contribution in [0, 0.1) is 12.8 Å². The molecule has 1 atom stereocenters. The lowest BCUT2D eigenvalue weighted by Crippen LogP contribution is -2.40. The number of anilines is 1. The van der Waals surface area contributed by atoms with Crippen molar-refractivity contribution in [3.63, 3.8) is 0 Å². The van der Waals surface area contributed by atoms with E-state index in [1.165, 1.54) is 0 Å². The lowest BCUT2D eigenvalue weighted by molar-refractivity contribution is -0.123. The number of likely N-dealkylation sites (N-methyl/N-ethyl adjacent to an activating group) is 1. The number of amides is 2. The van der Waals surface area contributed by atoms with E-state index >= 15 is 0 Å². The molecule has 0 bridgehead atoms. The SMILES string of the molecule is Cc1ccc(NC(=O)CN(C)CC(=O)N[C@H](CC(C)C)c2ccccc2)cc1. The number of aryl methyl sites for hydroxylation is 1. The first-order chi connectivity index (χ1) is 13.3. The van der Waals surface area contributed by atoms with Crippen LogP contribution in [0.2, 0.25) is 0 Å². The minimum Gasteiger partial charge on any atom is -0.348 e. The van der Waals surface area contributed by atoms with Crippen LogP contribution < -0.4 is 10.6 Å². The van der Waals surface area contributed by atoms with E-state index in [4.69, 9.17) is 0 Å². The van der Waals surface area contributed by atoms with Crippen molar-refractivity contribution in [3.8, 4) is 0 Å². The van der Waals surface area contributed by atoms with Crippen molar-refractivity contribution in [2.45, 2.75) is 33.2 Å². The number of hydrogen-bond acceptors (Lipinski definition) is 3. The molecular weight excluding hydrogens is 350 g/mol. The van der Waals surface area contributed by atoms with Gasteiger partial charge in [0.25, 0.3) is 0 Å². The van der Waals surface area contributed by atoms with E-state index in [1.807, 2.05) is 61.5 Å². The number of carbonyl (C=O) groups excluding carboxylic acids is 2. The van der Waals surface area contributed by atoms with Crippen molar-refractivity contribution in [1.82, 2.24) is 10.2 Å². The number of nitrogens with one attached hydrogen (secondary N) is 2. The minimum atomic E-state index is -0.138. The summed E-state index contributed by atoms with van der Waals surface area (Å²) in [5.41, 5.74) is 3.00. The van der Waals surface area contributed by atoms with Gasteiger partial charge in [0, 0.05) is 5.69 Å². The van der Waals surface area contributed by atoms with Crippen LogP contribution in [0.1, 0.15) is 37.4 Å². The molecule has 28 heavy (non-hydrogen) atoms. The highest BCUT2D eigenvalue weighted by atomic mass is 16.2. The summed E-state index contributed by atoms with van der Waals surface area (Å²) in [6.07, 6.45) is 0.868. The fourth-order valence-electron chi connectivity index (χ4n) is 3.06. The molecule has 0 aliphatic heterocycles. The molecule has 0 aromatic heterocycles. The maximum atomic E-state index is 12.5. The molecule has 0 spiro atoms. The first-order valence-electron chi connectivity index (χ1n) is 9.73. The van der Waals surface area contributed by atoms with Crippen LogP contribution in [0.4, 0.5) is 5.69 Å². The summed E-state index contributed by atoms with van der Waals surface area (Å²) in [4.78, 5) is 26.4. The molecule has 0 heterocycles. The topological polar surface area (TPSA) is 61.4 Å². The molecule has 5 nitrogen and oxygen atoms in total. The molecule has 0 unspecified atom stereocenters. The molecule has 0 radical (unpaired) electrons. The Morgan fingerprint density at radius 1 is 0.929 bits per heavy atom. The van der Waals surface area contributed by atoms with Gasteiger partial charge in [-0.15, -0.1) is 0 Å². The molecule has 150 valence electrons. The van der Waals surface area contributed by atoms with Gasteiger partial charge in [0.05, 0.1) is 19.1 Å². The van der Waals surface area contributed by atoms with Gasteiger partial charge >= 0.3 is 0 Å². The Kier molecular flexibility index (Phi) is 8.20. The highest BCUT2D eigenvalue weighted by Crippen LogP contribution is 2.21. The molecule has 0 saturated heterocycles. The fourth-order valence-corrected chi connectivity index (χ4v) is 3.06. The van der Waals surface area contributed by atoms with Gasteiger partial charge in [0.15, 0.2) is 0 Å². The van der Waals surface area contributed by atoms with E-state index in [-0.39, 0.29) is 30.9 Å². The van der Waals surface area contributed by atoms with Crippen LogP contribution in [0.25, 0.3) is 0 Å². The van der Waals surface area contributed by atoms with E-state index in [0.29, 0.717) is 5.92 Å². The van der Waals surface area contributed by atoms with E-state index in [9.17, 15) is 9.59 Å². The predicted molar refractivity (Wildman–Crippen MR) is 114 cm³/mol. The lowest BCUT2D eigenvalue weighted by Gasteiger charge is -2.23. The van der Waals surface area contributed by atoms with Crippen LogP contribution >= 0.6 is 0 Å². The Balaban J connectivity index is 1.86. The van der Waals surface area contributed by atoms with Gasteiger partial charge in [-0.2, -0.15) is 0 Å². The van der Waals surface area contributed by atoms with Crippen LogP contribution in [-0.2, 0) is 9.59 Å². The molecule has 2 amide bonds. The molecule has 0 aliphatic rings. The predicted octanol–water partition coefficient (Wildman–Crippen LogP) is 3.77. The Bertz CT molecular complexity index is 757. The van der Waals surface area contributed by atoms with Crippen molar-refractivity contribution in [1.29, 1.82) is 0 Å². The van der Waals surface area contributed by atoms with Crippen molar-refractivity contribution in [3.05, 3.63) is 65.7 Å². The van der Waals surface area contributed by atoms with Crippen LogP contribution in [0.5, 0.6) is 0 Å². The molecule has 0 saturated carbocycles. The first kappa shape index (κ1) is 21.6. The summed E-state index contributed by atoms with van der Waals surface area (Å²) < 4.78 is 0. The van der Waals surface area contributed by atoms with Crippen molar-refractivity contribution in [2.24, 2.45) is 5.92 Å². The lowest BCUT2D eigenvalue weighted by atomic mass is 9.97. The number of hydrogen-bond donors (Lipinski definition) is 2. The van der Waals surface area contributed by atoms with E-state index < -0.39 is 0 Å². The second kappa shape index (κ2) is 10.6. The zero-order valence-corrected chi connectivity index (χ0v) is 17.2. The Labute approximate surface area is 168 Å². The molecule has 2 N–H and O–H groups in total. The molecule has 2 aromatic carbocycles. The van der Waals surface area contributed by atoms with Gasteiger partial charge in [-0.25, -0.2) is 0 Å². The number of nitrogens with zero attached hydrogens (tertiary/aromatic N) is 1. The van der Waals surface area contributed by atoms with Gasteiger partial charge in [-0.1, -0.05) is 61.9 Å². The summed E-state index contributed by atoms with van der Waals surface area (Å²) in [6.45, 7) is 6.61. The van der Waals surface area contributed by atoms with Crippen LogP contribution in [0.15, 0.2) is 54.6 Å². The van der Waals surface area contributed by atoms with E-state index in [2.05, 4.69) is 24.5 Å². The molecule has 5 heteroatoms. The highest BCUT2D eigenvalue weighted by molar-refractivity contribution is 5.92. The number of rotatable bonds is 9. The normalized spacial score (nSPS) is 12.1. The molecule has 0 aliphatic carbocycles. The minimum absolute atomic E-state index is 0.0246. The van der Waals surface area contributed by atoms with Gasteiger partial charge in [0.2, 0.25) is 11.8 Å². The fraction of sp³-hybridized carbons (Fsp3) is 0.391. The smallest absolute Gasteiger partial charge is 0.238 e. The first-order valence-corrected chi connectivity index (χ1v) is 9.73. The summed E-state index contributed by atoms with van der Waals surface area (Å²) >= 11 is 0. The Morgan fingerprint density at radius 2 is 1.54 bits per heavy atom. The maximum Gasteiger partial charge on any atom is 0.238 e. The third-order valence-electron chi connectivity index (χ3n) is 4.41. The second-order valence-corrected chi connectivity index (χ2v) is 7.75. The van der Waals surface area contributed by atoms with Crippen LogP contribution in [0.3, 0.4) is 0 Å². The highest BCUT2D eigenvalue weighted by Gasteiger charge is 2.18. The third kappa shape index (κ3) is 7.53. The molecule has 2 aromatic rings. The second-order valence-electron chi connectivity index (χ2n) is 7.75. The average molecular weight is 382 g/mol. The summed E-state index contributed by atoms with van der Waals surface area (Å²) in [5, 5.41) is 5.97. The molecule has 0 fully saturated rings. The Hall–Kier alpha value is -2.66. The van der Waals surface area contributed by atoms with Gasteiger partial charge in [-0.05, 0) is 44.0 Å².